The molecule has 0 saturated carbocycles. The lowest BCUT2D eigenvalue weighted by atomic mass is 9.98. The van der Waals surface area contributed by atoms with E-state index in [4.69, 9.17) is 0 Å². The average Bonchev–Trinajstić information content (AvgIpc) is 2.89. The van der Waals surface area contributed by atoms with Crippen LogP contribution in [-0.4, -0.2) is 25.2 Å². The molecule has 8 rings (SSSR count). The number of benzene rings is 2. The molecule has 2 aromatic rings. The highest BCUT2D eigenvalue weighted by Gasteiger charge is 2.31. The second kappa shape index (κ2) is 9.97. The molecule has 6 heterocycles. The van der Waals surface area contributed by atoms with Crippen molar-refractivity contribution in [3.05, 3.63) is 94.2 Å². The van der Waals surface area contributed by atoms with E-state index in [-0.39, 0.29) is 34.0 Å². The fourth-order valence-corrected chi connectivity index (χ4v) is 6.37. The summed E-state index contributed by atoms with van der Waals surface area (Å²) in [5.41, 5.74) is 8.22. The van der Waals surface area contributed by atoms with Gasteiger partial charge in [0.1, 0.15) is 0 Å². The van der Waals surface area contributed by atoms with Crippen molar-refractivity contribution in [1.29, 1.82) is 0 Å². The molecule has 0 saturated heterocycles. The summed E-state index contributed by atoms with van der Waals surface area (Å²) >= 11 is 0. The van der Waals surface area contributed by atoms with Crippen molar-refractivity contribution in [2.24, 2.45) is 0 Å². The minimum Gasteiger partial charge on any atom is -0.344 e. The van der Waals surface area contributed by atoms with Crippen LogP contribution >= 0.6 is 34.0 Å². The maximum Gasteiger partial charge on any atom is 0.0732 e. The van der Waals surface area contributed by atoms with Gasteiger partial charge in [-0.2, -0.15) is 0 Å². The molecule has 0 amide bonds. The summed E-state index contributed by atoms with van der Waals surface area (Å²) < 4.78 is 0. The van der Waals surface area contributed by atoms with E-state index in [2.05, 4.69) is 133 Å². The van der Waals surface area contributed by atoms with Crippen LogP contribution in [0.15, 0.2) is 73.4 Å². The van der Waals surface area contributed by atoms with E-state index in [0.717, 1.165) is 13.1 Å². The van der Waals surface area contributed by atoms with Crippen LogP contribution in [0.4, 0.5) is 22.7 Å². The number of halogens is 2. The summed E-state index contributed by atoms with van der Waals surface area (Å²) in [7, 11) is 0. The Balaban J connectivity index is 0.000000147. The third kappa shape index (κ3) is 3.92. The second-order valence-corrected chi connectivity index (χ2v) is 10.6. The molecular formula is C32H34Br2N4. The van der Waals surface area contributed by atoms with E-state index in [0.29, 0.717) is 12.1 Å². The van der Waals surface area contributed by atoms with Crippen molar-refractivity contribution in [3.8, 4) is 0 Å². The standard InChI is InChI=1S/2C16H16N2.2BrH/c2*1-11-7-9-18-12(2)10-17-8-3-4-13-5-6-14(11)16(18)15(13)17;;/h2*3-9,12H,10H2,1-2H3;2*1H. The Kier molecular flexibility index (Phi) is 6.99. The van der Waals surface area contributed by atoms with Crippen LogP contribution in [0.1, 0.15) is 27.7 Å². The van der Waals surface area contributed by atoms with Gasteiger partial charge < -0.3 is 19.6 Å². The summed E-state index contributed by atoms with van der Waals surface area (Å²) in [5, 5.41) is 5.40. The highest BCUT2D eigenvalue weighted by molar-refractivity contribution is 8.93. The maximum atomic E-state index is 2.42. The zero-order valence-corrected chi connectivity index (χ0v) is 25.7. The number of rotatable bonds is 0. The molecular weight excluding hydrogens is 600 g/mol. The second-order valence-electron chi connectivity index (χ2n) is 10.6. The van der Waals surface area contributed by atoms with Crippen molar-refractivity contribution in [1.82, 2.24) is 0 Å². The minimum atomic E-state index is 0. The molecule has 2 aromatic carbocycles. The van der Waals surface area contributed by atoms with Crippen LogP contribution in [0, 0.1) is 0 Å². The topological polar surface area (TPSA) is 13.0 Å². The van der Waals surface area contributed by atoms with Crippen LogP contribution in [0.5, 0.6) is 0 Å². The summed E-state index contributed by atoms with van der Waals surface area (Å²) in [6, 6.07) is 10.0. The Bertz CT molecular complexity index is 1560. The molecule has 2 unspecified atom stereocenters. The zero-order valence-electron chi connectivity index (χ0n) is 22.3. The maximum absolute atomic E-state index is 2.42. The molecule has 6 aliphatic heterocycles. The lowest BCUT2D eigenvalue weighted by Crippen LogP contribution is -2.49. The fourth-order valence-electron chi connectivity index (χ4n) is 6.37. The van der Waals surface area contributed by atoms with E-state index in [1.165, 1.54) is 54.8 Å². The smallest absolute Gasteiger partial charge is 0.0732 e. The predicted octanol–water partition coefficient (Wildman–Crippen LogP) is 4.57. The lowest BCUT2D eigenvalue weighted by molar-refractivity contribution is 0.672. The predicted molar refractivity (Wildman–Crippen MR) is 174 cm³/mol. The van der Waals surface area contributed by atoms with Crippen molar-refractivity contribution in [2.75, 3.05) is 32.7 Å². The Labute approximate surface area is 245 Å². The molecule has 0 N–H and O–H groups in total. The van der Waals surface area contributed by atoms with Gasteiger partial charge >= 0.3 is 0 Å². The minimum absolute atomic E-state index is 0. The van der Waals surface area contributed by atoms with E-state index in [1.54, 1.807) is 0 Å². The van der Waals surface area contributed by atoms with Gasteiger partial charge in [0.2, 0.25) is 0 Å². The first-order valence-corrected chi connectivity index (χ1v) is 13.0. The summed E-state index contributed by atoms with van der Waals surface area (Å²) in [6.45, 7) is 11.1. The molecule has 0 bridgehead atoms. The van der Waals surface area contributed by atoms with Crippen molar-refractivity contribution >= 4 is 80.0 Å². The van der Waals surface area contributed by atoms with Crippen LogP contribution < -0.4 is 40.5 Å². The zero-order chi connectivity index (χ0) is 24.6. The van der Waals surface area contributed by atoms with Crippen LogP contribution in [0.3, 0.4) is 0 Å². The molecule has 0 fully saturated rings. The lowest BCUT2D eigenvalue weighted by Gasteiger charge is -2.42. The molecule has 196 valence electrons. The van der Waals surface area contributed by atoms with Gasteiger partial charge in [-0.25, -0.2) is 0 Å². The van der Waals surface area contributed by atoms with Gasteiger partial charge in [0.05, 0.1) is 22.7 Å². The molecule has 0 aromatic heterocycles. The Morgan fingerprint density at radius 1 is 0.579 bits per heavy atom. The van der Waals surface area contributed by atoms with Gasteiger partial charge in [-0.3, -0.25) is 0 Å². The third-order valence-electron chi connectivity index (χ3n) is 8.23. The molecule has 6 aliphatic rings. The SMILES string of the molecule is Br.Br.CC1=c2ccc3c4c2N(C=C1)C(C)CN4C=CC=3.CC1=c2ccc3c4c2N(C=C1)C(C)CN4C=CC=3. The number of nitrogens with zero attached hydrogens (tertiary/aromatic N) is 4. The summed E-state index contributed by atoms with van der Waals surface area (Å²) in [4.78, 5) is 9.62. The van der Waals surface area contributed by atoms with Gasteiger partial charge in [-0.15, -0.1) is 34.0 Å². The number of hydrogen-bond donors (Lipinski definition) is 0. The number of allylic oxidation sites excluding steroid dienone is 4. The molecule has 0 spiro atoms. The van der Waals surface area contributed by atoms with Gasteiger partial charge in [-0.05, 0) is 63.1 Å². The molecule has 38 heavy (non-hydrogen) atoms. The van der Waals surface area contributed by atoms with Gasteiger partial charge in [-0.1, -0.05) is 36.4 Å². The highest BCUT2D eigenvalue weighted by atomic mass is 79.9. The molecule has 2 atom stereocenters. The largest absolute Gasteiger partial charge is 0.344 e. The summed E-state index contributed by atoms with van der Waals surface area (Å²) in [5.74, 6) is 0. The Morgan fingerprint density at radius 3 is 1.42 bits per heavy atom. The van der Waals surface area contributed by atoms with Gasteiger partial charge in [0.15, 0.2) is 0 Å². The monoisotopic (exact) mass is 632 g/mol. The van der Waals surface area contributed by atoms with Gasteiger partial charge in [0.25, 0.3) is 0 Å². The Hall–Kier alpha value is -2.96. The van der Waals surface area contributed by atoms with E-state index in [1.807, 2.05) is 0 Å². The van der Waals surface area contributed by atoms with Gasteiger partial charge in [0, 0.05) is 70.8 Å². The molecule has 0 aliphatic carbocycles. The number of anilines is 4. The van der Waals surface area contributed by atoms with Crippen LogP contribution in [0.2, 0.25) is 0 Å². The van der Waals surface area contributed by atoms with Crippen LogP contribution in [-0.2, 0) is 0 Å². The van der Waals surface area contributed by atoms with Crippen molar-refractivity contribution in [2.45, 2.75) is 39.8 Å². The third-order valence-corrected chi connectivity index (χ3v) is 8.23. The van der Waals surface area contributed by atoms with E-state index >= 15 is 0 Å². The summed E-state index contributed by atoms with van der Waals surface area (Å²) in [6.07, 6.45) is 22.0. The quantitative estimate of drug-likeness (QED) is 0.422. The first kappa shape index (κ1) is 26.6. The van der Waals surface area contributed by atoms with E-state index < -0.39 is 0 Å². The molecule has 0 radical (unpaired) electrons. The fraction of sp³-hybridized carbons (Fsp3) is 0.250. The molecule has 6 heteroatoms. The first-order chi connectivity index (χ1) is 17.5. The molecule has 4 nitrogen and oxygen atoms in total. The van der Waals surface area contributed by atoms with E-state index in [9.17, 15) is 0 Å². The first-order valence-electron chi connectivity index (χ1n) is 13.0. The normalized spacial score (nSPS) is 21.8. The average molecular weight is 634 g/mol. The number of hydrogen-bond acceptors (Lipinski definition) is 4. The highest BCUT2D eigenvalue weighted by Crippen LogP contribution is 2.35. The Morgan fingerprint density at radius 2 is 1.00 bits per heavy atom. The van der Waals surface area contributed by atoms with Crippen molar-refractivity contribution < 1.29 is 0 Å². The van der Waals surface area contributed by atoms with Crippen LogP contribution in [0.25, 0.3) is 23.3 Å². The van der Waals surface area contributed by atoms with Crippen molar-refractivity contribution in [3.63, 3.8) is 0 Å².